The average Bonchev–Trinajstić information content (AvgIpc) is 2.94. The SMILES string of the molecule is CNc1nc([C@H]2CCN(CCO)C2)nc2c1CCN(C)C2. The smallest absolute Gasteiger partial charge is 0.135 e. The fraction of sp³-hybridized carbons (Fsp3) is 0.733. The quantitative estimate of drug-likeness (QED) is 0.831. The van der Waals surface area contributed by atoms with Crippen molar-refractivity contribution in [3.8, 4) is 0 Å². The Morgan fingerprint density at radius 2 is 2.19 bits per heavy atom. The second-order valence-electron chi connectivity index (χ2n) is 6.10. The number of nitrogens with one attached hydrogen (secondary N) is 1. The number of likely N-dealkylation sites (N-methyl/N-ethyl adjacent to an activating group) is 1. The summed E-state index contributed by atoms with van der Waals surface area (Å²) in [5, 5.41) is 12.3. The van der Waals surface area contributed by atoms with E-state index in [1.165, 1.54) is 11.3 Å². The molecule has 0 amide bonds. The van der Waals surface area contributed by atoms with Crippen molar-refractivity contribution < 1.29 is 5.11 Å². The molecule has 1 atom stereocenters. The molecule has 2 aliphatic heterocycles. The van der Waals surface area contributed by atoms with Crippen LogP contribution >= 0.6 is 0 Å². The van der Waals surface area contributed by atoms with E-state index >= 15 is 0 Å². The van der Waals surface area contributed by atoms with Crippen LogP contribution in [0.3, 0.4) is 0 Å². The van der Waals surface area contributed by atoms with E-state index < -0.39 is 0 Å². The molecule has 3 heterocycles. The van der Waals surface area contributed by atoms with Crippen LogP contribution in [0.4, 0.5) is 5.82 Å². The molecule has 0 spiro atoms. The van der Waals surface area contributed by atoms with Crippen LogP contribution in [0.25, 0.3) is 0 Å². The fourth-order valence-electron chi connectivity index (χ4n) is 3.36. The van der Waals surface area contributed by atoms with E-state index in [9.17, 15) is 0 Å². The molecule has 0 bridgehead atoms. The van der Waals surface area contributed by atoms with Gasteiger partial charge in [-0.05, 0) is 26.4 Å². The second kappa shape index (κ2) is 6.25. The highest BCUT2D eigenvalue weighted by molar-refractivity contribution is 5.47. The molecule has 2 N–H and O–H groups in total. The van der Waals surface area contributed by atoms with Gasteiger partial charge in [0.25, 0.3) is 0 Å². The topological polar surface area (TPSA) is 64.5 Å². The third-order valence-electron chi connectivity index (χ3n) is 4.56. The molecular formula is C15H25N5O. The molecule has 6 nitrogen and oxygen atoms in total. The Kier molecular flexibility index (Phi) is 4.37. The molecule has 0 unspecified atom stereocenters. The van der Waals surface area contributed by atoms with Crippen molar-refractivity contribution in [2.24, 2.45) is 0 Å². The Labute approximate surface area is 126 Å². The molecule has 0 aliphatic carbocycles. The first-order chi connectivity index (χ1) is 10.2. The van der Waals surface area contributed by atoms with Gasteiger partial charge in [0, 0.05) is 44.7 Å². The zero-order valence-electron chi connectivity index (χ0n) is 13.0. The van der Waals surface area contributed by atoms with Gasteiger partial charge in [0.15, 0.2) is 0 Å². The molecule has 3 rings (SSSR count). The molecule has 1 fully saturated rings. The maximum atomic E-state index is 9.06. The molecule has 6 heteroatoms. The number of anilines is 1. The maximum absolute atomic E-state index is 9.06. The molecule has 0 aromatic carbocycles. The van der Waals surface area contributed by atoms with E-state index in [4.69, 9.17) is 15.1 Å². The van der Waals surface area contributed by atoms with E-state index in [1.807, 2.05) is 7.05 Å². The highest BCUT2D eigenvalue weighted by atomic mass is 16.3. The number of nitrogens with zero attached hydrogens (tertiary/aromatic N) is 4. The van der Waals surface area contributed by atoms with Gasteiger partial charge in [-0.3, -0.25) is 0 Å². The van der Waals surface area contributed by atoms with Gasteiger partial charge < -0.3 is 20.2 Å². The summed E-state index contributed by atoms with van der Waals surface area (Å²) in [6.45, 7) is 4.94. The Morgan fingerprint density at radius 1 is 1.33 bits per heavy atom. The fourth-order valence-corrected chi connectivity index (χ4v) is 3.36. The standard InChI is InChI=1S/C15H25N5O/c1-16-15-12-4-5-19(2)10-13(12)17-14(18-15)11-3-6-20(9-11)7-8-21/h11,21H,3-10H2,1-2H3,(H,16,17,18)/t11-/m0/s1. The van der Waals surface area contributed by atoms with Gasteiger partial charge in [0.2, 0.25) is 0 Å². The first-order valence-corrected chi connectivity index (χ1v) is 7.80. The summed E-state index contributed by atoms with van der Waals surface area (Å²) in [6, 6.07) is 0. The van der Waals surface area contributed by atoms with Gasteiger partial charge in [-0.25, -0.2) is 9.97 Å². The number of fused-ring (bicyclic) bond motifs is 1. The molecule has 2 aliphatic rings. The molecule has 21 heavy (non-hydrogen) atoms. The van der Waals surface area contributed by atoms with Crippen molar-refractivity contribution in [2.45, 2.75) is 25.3 Å². The van der Waals surface area contributed by atoms with Gasteiger partial charge in [0.05, 0.1) is 12.3 Å². The zero-order chi connectivity index (χ0) is 14.8. The van der Waals surface area contributed by atoms with Crippen LogP contribution in [0.1, 0.15) is 29.4 Å². The summed E-state index contributed by atoms with van der Waals surface area (Å²) in [7, 11) is 4.08. The minimum atomic E-state index is 0.227. The molecule has 1 saturated heterocycles. The maximum Gasteiger partial charge on any atom is 0.135 e. The van der Waals surface area contributed by atoms with Crippen molar-refractivity contribution in [3.63, 3.8) is 0 Å². The van der Waals surface area contributed by atoms with Crippen LogP contribution in [-0.2, 0) is 13.0 Å². The monoisotopic (exact) mass is 291 g/mol. The van der Waals surface area contributed by atoms with Crippen LogP contribution in [-0.4, -0.2) is 71.8 Å². The van der Waals surface area contributed by atoms with Gasteiger partial charge in [0.1, 0.15) is 11.6 Å². The Morgan fingerprint density at radius 3 is 2.95 bits per heavy atom. The minimum Gasteiger partial charge on any atom is -0.395 e. The van der Waals surface area contributed by atoms with Crippen molar-refractivity contribution in [2.75, 3.05) is 52.2 Å². The summed E-state index contributed by atoms with van der Waals surface area (Å²) in [6.07, 6.45) is 2.10. The number of aliphatic hydroxyl groups is 1. The highest BCUT2D eigenvalue weighted by Gasteiger charge is 2.28. The molecule has 1 aromatic heterocycles. The lowest BCUT2D eigenvalue weighted by molar-refractivity contribution is 0.220. The van der Waals surface area contributed by atoms with Gasteiger partial charge in [-0.1, -0.05) is 0 Å². The van der Waals surface area contributed by atoms with Crippen LogP contribution in [0.5, 0.6) is 0 Å². The van der Waals surface area contributed by atoms with Crippen molar-refractivity contribution in [3.05, 3.63) is 17.1 Å². The van der Waals surface area contributed by atoms with E-state index in [0.29, 0.717) is 5.92 Å². The minimum absolute atomic E-state index is 0.227. The summed E-state index contributed by atoms with van der Waals surface area (Å²) < 4.78 is 0. The molecule has 116 valence electrons. The zero-order valence-corrected chi connectivity index (χ0v) is 13.0. The number of aliphatic hydroxyl groups excluding tert-OH is 1. The first-order valence-electron chi connectivity index (χ1n) is 7.80. The van der Waals surface area contributed by atoms with E-state index in [1.54, 1.807) is 0 Å². The lowest BCUT2D eigenvalue weighted by atomic mass is 10.0. The second-order valence-corrected chi connectivity index (χ2v) is 6.10. The van der Waals surface area contributed by atoms with E-state index in [2.05, 4.69) is 22.2 Å². The molecule has 1 aromatic rings. The number of rotatable bonds is 4. The van der Waals surface area contributed by atoms with Crippen molar-refractivity contribution >= 4 is 5.82 Å². The Bertz CT molecular complexity index is 507. The van der Waals surface area contributed by atoms with Gasteiger partial charge in [-0.15, -0.1) is 0 Å². The molecule has 0 saturated carbocycles. The van der Waals surface area contributed by atoms with Crippen LogP contribution in [0.15, 0.2) is 0 Å². The summed E-state index contributed by atoms with van der Waals surface area (Å²) in [5.74, 6) is 2.36. The van der Waals surface area contributed by atoms with Crippen molar-refractivity contribution in [1.82, 2.24) is 19.8 Å². The summed E-state index contributed by atoms with van der Waals surface area (Å²) >= 11 is 0. The number of aromatic nitrogens is 2. The third kappa shape index (κ3) is 3.02. The molecule has 0 radical (unpaired) electrons. The van der Waals surface area contributed by atoms with Crippen molar-refractivity contribution in [1.29, 1.82) is 0 Å². The Hall–Kier alpha value is -1.24. The molecular weight excluding hydrogens is 266 g/mol. The first kappa shape index (κ1) is 14.7. The van der Waals surface area contributed by atoms with Crippen LogP contribution in [0, 0.1) is 0 Å². The number of hydrogen-bond acceptors (Lipinski definition) is 6. The van der Waals surface area contributed by atoms with Crippen LogP contribution in [0.2, 0.25) is 0 Å². The average molecular weight is 291 g/mol. The number of hydrogen-bond donors (Lipinski definition) is 2. The predicted octanol–water partition coefficient (Wildman–Crippen LogP) is 0.288. The number of likely N-dealkylation sites (tertiary alicyclic amines) is 1. The summed E-state index contributed by atoms with van der Waals surface area (Å²) in [5.41, 5.74) is 2.46. The normalized spacial score (nSPS) is 23.3. The van der Waals surface area contributed by atoms with Crippen LogP contribution < -0.4 is 5.32 Å². The predicted molar refractivity (Wildman–Crippen MR) is 82.5 cm³/mol. The lowest BCUT2D eigenvalue weighted by Crippen LogP contribution is -2.29. The highest BCUT2D eigenvalue weighted by Crippen LogP contribution is 2.29. The Balaban J connectivity index is 1.85. The number of β-amino-alcohol motifs (C(OH)–C–C–N with tert-alkyl or cyclic N) is 1. The third-order valence-corrected chi connectivity index (χ3v) is 4.56. The largest absolute Gasteiger partial charge is 0.395 e. The lowest BCUT2D eigenvalue weighted by Gasteiger charge is -2.26. The van der Waals surface area contributed by atoms with Gasteiger partial charge >= 0.3 is 0 Å². The van der Waals surface area contributed by atoms with E-state index in [0.717, 1.165) is 57.2 Å². The van der Waals surface area contributed by atoms with E-state index in [-0.39, 0.29) is 6.61 Å². The summed E-state index contributed by atoms with van der Waals surface area (Å²) in [4.78, 5) is 14.2. The van der Waals surface area contributed by atoms with Gasteiger partial charge in [-0.2, -0.15) is 0 Å².